The number of carbonyl (C=O) groups excluding carboxylic acids is 1. The van der Waals surface area contributed by atoms with Gasteiger partial charge in [-0.15, -0.1) is 0 Å². The second-order valence-electron chi connectivity index (χ2n) is 6.75. The van der Waals surface area contributed by atoms with Crippen LogP contribution in [0.2, 0.25) is 5.02 Å². The van der Waals surface area contributed by atoms with Gasteiger partial charge < -0.3 is 14.2 Å². The third-order valence-electron chi connectivity index (χ3n) is 4.74. The average molecular weight is 398 g/mol. The molecule has 0 bridgehead atoms. The quantitative estimate of drug-likeness (QED) is 0.628. The highest BCUT2D eigenvalue weighted by Gasteiger charge is 2.35. The summed E-state index contributed by atoms with van der Waals surface area (Å²) in [4.78, 5) is 18.8. The third kappa shape index (κ3) is 3.47. The number of carbonyl (C=O) groups is 1. The minimum absolute atomic E-state index is 0.00294. The summed E-state index contributed by atoms with van der Waals surface area (Å²) >= 11 is 6.34. The highest BCUT2D eigenvalue weighted by molar-refractivity contribution is 6.34. The van der Waals surface area contributed by atoms with Crippen molar-refractivity contribution in [3.8, 4) is 17.2 Å². The molecule has 1 unspecified atom stereocenters. The number of aromatic nitrogens is 2. The lowest BCUT2D eigenvalue weighted by Crippen LogP contribution is -2.24. The molecule has 2 heterocycles. The van der Waals surface area contributed by atoms with Gasteiger partial charge in [-0.25, -0.2) is 0 Å². The summed E-state index contributed by atoms with van der Waals surface area (Å²) in [6.45, 7) is 4.89. The average Bonchev–Trinajstić information content (AvgIpc) is 3.30. The van der Waals surface area contributed by atoms with Crippen LogP contribution in [0.1, 0.15) is 30.7 Å². The molecule has 6 nitrogen and oxygen atoms in total. The first-order chi connectivity index (χ1) is 13.6. The van der Waals surface area contributed by atoms with Crippen LogP contribution >= 0.6 is 11.6 Å². The van der Waals surface area contributed by atoms with Gasteiger partial charge in [0.05, 0.1) is 22.9 Å². The SMILES string of the molecule is CCOc1ccccc1-c1nc(C2CC(=O)N(c3ccc(C)cc3Cl)C2)no1. The lowest BCUT2D eigenvalue weighted by atomic mass is 10.1. The van der Waals surface area contributed by atoms with Crippen LogP contribution < -0.4 is 9.64 Å². The Labute approximate surface area is 168 Å². The number of hydrogen-bond donors (Lipinski definition) is 0. The normalized spacial score (nSPS) is 16.6. The van der Waals surface area contributed by atoms with Crippen molar-refractivity contribution < 1.29 is 14.1 Å². The van der Waals surface area contributed by atoms with Crippen molar-refractivity contribution in [3.05, 3.63) is 58.9 Å². The molecule has 7 heteroatoms. The van der Waals surface area contributed by atoms with Crippen molar-refractivity contribution >= 4 is 23.2 Å². The van der Waals surface area contributed by atoms with Crippen LogP contribution in [0.5, 0.6) is 5.75 Å². The van der Waals surface area contributed by atoms with Crippen LogP contribution in [0.25, 0.3) is 11.5 Å². The first-order valence-electron chi connectivity index (χ1n) is 9.19. The molecule has 2 aromatic carbocycles. The molecular formula is C21H20ClN3O3. The number of aryl methyl sites for hydroxylation is 1. The Balaban J connectivity index is 1.58. The molecule has 4 rings (SSSR count). The summed E-state index contributed by atoms with van der Waals surface area (Å²) in [7, 11) is 0. The lowest BCUT2D eigenvalue weighted by Gasteiger charge is -2.18. The van der Waals surface area contributed by atoms with Crippen LogP contribution in [0.15, 0.2) is 47.0 Å². The molecule has 1 fully saturated rings. The third-order valence-corrected chi connectivity index (χ3v) is 5.05. The van der Waals surface area contributed by atoms with E-state index in [1.807, 2.05) is 56.3 Å². The molecule has 1 aromatic heterocycles. The Morgan fingerprint density at radius 2 is 2.11 bits per heavy atom. The fourth-order valence-electron chi connectivity index (χ4n) is 3.38. The van der Waals surface area contributed by atoms with Crippen LogP contribution in [0.3, 0.4) is 0 Å². The van der Waals surface area contributed by atoms with Gasteiger partial charge in [0, 0.05) is 18.9 Å². The number of halogens is 1. The maximum absolute atomic E-state index is 12.6. The predicted octanol–water partition coefficient (Wildman–Crippen LogP) is 4.62. The Hall–Kier alpha value is -2.86. The zero-order valence-electron chi connectivity index (χ0n) is 15.7. The van der Waals surface area contributed by atoms with Gasteiger partial charge in [-0.2, -0.15) is 4.98 Å². The van der Waals surface area contributed by atoms with Crippen LogP contribution in [-0.4, -0.2) is 29.2 Å². The highest BCUT2D eigenvalue weighted by atomic mass is 35.5. The van der Waals surface area contributed by atoms with Crippen molar-refractivity contribution in [1.29, 1.82) is 0 Å². The van der Waals surface area contributed by atoms with E-state index in [1.165, 1.54) is 0 Å². The maximum atomic E-state index is 12.6. The summed E-state index contributed by atoms with van der Waals surface area (Å²) in [5, 5.41) is 4.68. The molecule has 28 heavy (non-hydrogen) atoms. The van der Waals surface area contributed by atoms with Gasteiger partial charge in [-0.05, 0) is 43.7 Å². The van der Waals surface area contributed by atoms with E-state index in [1.54, 1.807) is 4.90 Å². The van der Waals surface area contributed by atoms with Crippen molar-refractivity contribution in [1.82, 2.24) is 10.1 Å². The number of benzene rings is 2. The lowest BCUT2D eigenvalue weighted by molar-refractivity contribution is -0.117. The molecule has 3 aromatic rings. The van der Waals surface area contributed by atoms with Gasteiger partial charge in [-0.3, -0.25) is 4.79 Å². The Bertz CT molecular complexity index is 1020. The molecule has 0 saturated carbocycles. The summed E-state index contributed by atoms with van der Waals surface area (Å²) in [5.74, 6) is 1.44. The molecule has 0 spiro atoms. The summed E-state index contributed by atoms with van der Waals surface area (Å²) in [6, 6.07) is 13.2. The summed E-state index contributed by atoms with van der Waals surface area (Å²) in [5.41, 5.74) is 2.50. The molecule has 1 aliphatic rings. The number of anilines is 1. The molecular weight excluding hydrogens is 378 g/mol. The van der Waals surface area contributed by atoms with Crippen LogP contribution in [-0.2, 0) is 4.79 Å². The first-order valence-corrected chi connectivity index (χ1v) is 9.57. The van der Waals surface area contributed by atoms with E-state index in [-0.39, 0.29) is 11.8 Å². The smallest absolute Gasteiger partial charge is 0.261 e. The standard InChI is InChI=1S/C21H20ClN3O3/c1-3-27-18-7-5-4-6-15(18)21-23-20(24-28-21)14-11-19(26)25(12-14)17-9-8-13(2)10-16(17)22/h4-10,14H,3,11-12H2,1-2H3. The monoisotopic (exact) mass is 397 g/mol. The fraction of sp³-hybridized carbons (Fsp3) is 0.286. The number of ether oxygens (including phenoxy) is 1. The van der Waals surface area contributed by atoms with Crippen molar-refractivity contribution in [2.45, 2.75) is 26.2 Å². The molecule has 1 atom stereocenters. The Morgan fingerprint density at radius 1 is 1.29 bits per heavy atom. The Kier molecular flexibility index (Phi) is 5.05. The summed E-state index contributed by atoms with van der Waals surface area (Å²) < 4.78 is 11.1. The van der Waals surface area contributed by atoms with Crippen LogP contribution in [0, 0.1) is 6.92 Å². The van der Waals surface area contributed by atoms with Crippen LogP contribution in [0.4, 0.5) is 5.69 Å². The van der Waals surface area contributed by atoms with E-state index in [4.69, 9.17) is 20.9 Å². The maximum Gasteiger partial charge on any atom is 0.261 e. The molecule has 0 aliphatic carbocycles. The van der Waals surface area contributed by atoms with Crippen molar-refractivity contribution in [3.63, 3.8) is 0 Å². The number of amides is 1. The van der Waals surface area contributed by atoms with Crippen molar-refractivity contribution in [2.24, 2.45) is 0 Å². The number of rotatable bonds is 5. The zero-order valence-corrected chi connectivity index (χ0v) is 16.4. The molecule has 1 aliphatic heterocycles. The minimum Gasteiger partial charge on any atom is -0.493 e. The van der Waals surface area contributed by atoms with E-state index >= 15 is 0 Å². The molecule has 144 valence electrons. The highest BCUT2D eigenvalue weighted by Crippen LogP contribution is 2.36. The predicted molar refractivity (Wildman–Crippen MR) is 107 cm³/mol. The Morgan fingerprint density at radius 3 is 2.89 bits per heavy atom. The minimum atomic E-state index is -0.151. The first kappa shape index (κ1) is 18.5. The van der Waals surface area contributed by atoms with Gasteiger partial charge in [0.1, 0.15) is 5.75 Å². The van der Waals surface area contributed by atoms with Gasteiger partial charge in [0.2, 0.25) is 5.91 Å². The molecule has 1 amide bonds. The number of para-hydroxylation sites is 1. The van der Waals surface area contributed by atoms with Gasteiger partial charge in [0.25, 0.3) is 5.89 Å². The summed E-state index contributed by atoms with van der Waals surface area (Å²) in [6.07, 6.45) is 0.316. The fourth-order valence-corrected chi connectivity index (χ4v) is 3.72. The molecule has 0 radical (unpaired) electrons. The van der Waals surface area contributed by atoms with E-state index in [9.17, 15) is 4.79 Å². The van der Waals surface area contributed by atoms with E-state index in [0.717, 1.165) is 11.1 Å². The van der Waals surface area contributed by atoms with E-state index in [0.29, 0.717) is 47.7 Å². The van der Waals surface area contributed by atoms with Gasteiger partial charge in [-0.1, -0.05) is 35.0 Å². The molecule has 0 N–H and O–H groups in total. The van der Waals surface area contributed by atoms with E-state index < -0.39 is 0 Å². The van der Waals surface area contributed by atoms with Crippen molar-refractivity contribution in [2.75, 3.05) is 18.1 Å². The second-order valence-corrected chi connectivity index (χ2v) is 7.15. The van der Waals surface area contributed by atoms with Gasteiger partial charge in [0.15, 0.2) is 5.82 Å². The second kappa shape index (κ2) is 7.64. The zero-order chi connectivity index (χ0) is 19.7. The number of nitrogens with zero attached hydrogens (tertiary/aromatic N) is 3. The van der Waals surface area contributed by atoms with E-state index in [2.05, 4.69) is 10.1 Å². The largest absolute Gasteiger partial charge is 0.493 e. The molecule has 1 saturated heterocycles. The van der Waals surface area contributed by atoms with Gasteiger partial charge >= 0.3 is 0 Å². The topological polar surface area (TPSA) is 68.5 Å². The number of hydrogen-bond acceptors (Lipinski definition) is 5.